The Bertz CT molecular complexity index is 492. The van der Waals surface area contributed by atoms with Crippen molar-refractivity contribution in [1.82, 2.24) is 4.98 Å². The summed E-state index contributed by atoms with van der Waals surface area (Å²) in [5, 5.41) is 10.1. The van der Waals surface area contributed by atoms with E-state index < -0.39 is 6.04 Å². The molecule has 0 fully saturated rings. The Morgan fingerprint density at radius 2 is 2.00 bits per heavy atom. The molecule has 0 saturated heterocycles. The molecule has 0 aliphatic heterocycles. The lowest BCUT2D eigenvalue weighted by atomic mass is 9.98. The van der Waals surface area contributed by atoms with E-state index in [-0.39, 0.29) is 12.6 Å². The number of hydrogen-bond donors (Lipinski definition) is 4. The summed E-state index contributed by atoms with van der Waals surface area (Å²) in [5.41, 5.74) is 14.9. The minimum Gasteiger partial charge on any atom is -0.395 e. The van der Waals surface area contributed by atoms with Gasteiger partial charge in [-0.3, -0.25) is 0 Å². The molecule has 0 saturated carbocycles. The van der Waals surface area contributed by atoms with Crippen LogP contribution in [-0.2, 0) is 0 Å². The Morgan fingerprint density at radius 1 is 1.31 bits per heavy atom. The first-order valence-corrected chi connectivity index (χ1v) is 5.34. The summed E-state index contributed by atoms with van der Waals surface area (Å²) in [7, 11) is 0. The van der Waals surface area contributed by atoms with Crippen molar-refractivity contribution in [1.29, 1.82) is 0 Å². The molecule has 1 aromatic carbocycles. The van der Waals surface area contributed by atoms with Crippen LogP contribution in [0.2, 0.25) is 0 Å². The Hall–Kier alpha value is -1.36. The summed E-state index contributed by atoms with van der Waals surface area (Å²) >= 11 is 0. The lowest BCUT2D eigenvalue weighted by Crippen LogP contribution is -2.37. The van der Waals surface area contributed by atoms with Crippen LogP contribution < -0.4 is 11.5 Å². The van der Waals surface area contributed by atoms with Gasteiger partial charge in [-0.1, -0.05) is 18.2 Å². The topological polar surface area (TPSA) is 88.1 Å². The number of para-hydroxylation sites is 1. The van der Waals surface area contributed by atoms with Crippen molar-refractivity contribution in [2.24, 2.45) is 11.5 Å². The average Bonchev–Trinajstić information content (AvgIpc) is 2.63. The number of nitrogens with one attached hydrogen (secondary N) is 1. The van der Waals surface area contributed by atoms with Crippen LogP contribution in [0, 0.1) is 6.92 Å². The molecule has 2 rings (SSSR count). The lowest BCUT2D eigenvalue weighted by molar-refractivity contribution is 0.250. The van der Waals surface area contributed by atoms with E-state index in [4.69, 9.17) is 16.6 Å². The predicted octanol–water partition coefficient (Wildman–Crippen LogP) is 0.796. The summed E-state index contributed by atoms with van der Waals surface area (Å²) in [5.74, 6) is 0. The fraction of sp³-hybridized carbons (Fsp3) is 0.333. The molecule has 16 heavy (non-hydrogen) atoms. The van der Waals surface area contributed by atoms with Gasteiger partial charge < -0.3 is 21.6 Å². The summed E-state index contributed by atoms with van der Waals surface area (Å²) in [6.45, 7) is 1.86. The van der Waals surface area contributed by atoms with Crippen LogP contribution in [0.1, 0.15) is 17.3 Å². The number of hydrogen-bond acceptors (Lipinski definition) is 3. The van der Waals surface area contributed by atoms with Crippen molar-refractivity contribution in [2.45, 2.75) is 19.0 Å². The minimum atomic E-state index is -0.432. The SMILES string of the molecule is Cc1[nH]c2ccccc2c1C(N)C(N)CO. The van der Waals surface area contributed by atoms with E-state index in [2.05, 4.69) is 4.98 Å². The molecule has 2 unspecified atom stereocenters. The van der Waals surface area contributed by atoms with Crippen molar-refractivity contribution >= 4 is 10.9 Å². The number of aromatic amines is 1. The molecule has 2 aromatic rings. The van der Waals surface area contributed by atoms with Crippen LogP contribution in [0.5, 0.6) is 0 Å². The largest absolute Gasteiger partial charge is 0.395 e. The van der Waals surface area contributed by atoms with E-state index >= 15 is 0 Å². The number of aliphatic hydroxyl groups is 1. The van der Waals surface area contributed by atoms with Crippen LogP contribution in [0.15, 0.2) is 24.3 Å². The number of benzene rings is 1. The van der Waals surface area contributed by atoms with Gasteiger partial charge >= 0.3 is 0 Å². The number of aryl methyl sites for hydroxylation is 1. The quantitative estimate of drug-likeness (QED) is 0.615. The van der Waals surface area contributed by atoms with Crippen molar-refractivity contribution < 1.29 is 5.11 Å². The van der Waals surface area contributed by atoms with Gasteiger partial charge in [-0.15, -0.1) is 0 Å². The molecule has 4 nitrogen and oxygen atoms in total. The molecule has 0 amide bonds. The number of aliphatic hydroxyl groups excluding tert-OH is 1. The van der Waals surface area contributed by atoms with Gasteiger partial charge in [-0.2, -0.15) is 0 Å². The highest BCUT2D eigenvalue weighted by Gasteiger charge is 2.20. The zero-order valence-corrected chi connectivity index (χ0v) is 9.27. The smallest absolute Gasteiger partial charge is 0.0601 e. The predicted molar refractivity (Wildman–Crippen MR) is 65.0 cm³/mol. The molecule has 0 aliphatic rings. The van der Waals surface area contributed by atoms with E-state index in [0.29, 0.717) is 0 Å². The van der Waals surface area contributed by atoms with Crippen LogP contribution in [0.25, 0.3) is 10.9 Å². The third kappa shape index (κ3) is 1.71. The summed E-state index contributed by atoms with van der Waals surface area (Å²) in [6, 6.07) is 7.18. The second-order valence-corrected chi connectivity index (χ2v) is 4.08. The molecular formula is C12H17N3O. The van der Waals surface area contributed by atoms with Gasteiger partial charge in [0.25, 0.3) is 0 Å². The average molecular weight is 219 g/mol. The van der Waals surface area contributed by atoms with Gasteiger partial charge in [0.2, 0.25) is 0 Å². The van der Waals surface area contributed by atoms with E-state index in [0.717, 1.165) is 22.2 Å². The Labute approximate surface area is 94.3 Å². The highest BCUT2D eigenvalue weighted by Crippen LogP contribution is 2.27. The number of nitrogens with two attached hydrogens (primary N) is 2. The molecule has 4 heteroatoms. The van der Waals surface area contributed by atoms with Crippen molar-refractivity contribution in [3.8, 4) is 0 Å². The first-order valence-electron chi connectivity index (χ1n) is 5.34. The first-order chi connectivity index (χ1) is 7.65. The monoisotopic (exact) mass is 219 g/mol. The third-order valence-corrected chi connectivity index (χ3v) is 2.95. The molecule has 2 atom stereocenters. The van der Waals surface area contributed by atoms with E-state index in [1.54, 1.807) is 0 Å². The zero-order valence-electron chi connectivity index (χ0n) is 9.27. The fourth-order valence-corrected chi connectivity index (χ4v) is 2.06. The maximum absolute atomic E-state index is 9.05. The van der Waals surface area contributed by atoms with Crippen LogP contribution >= 0.6 is 0 Å². The Kier molecular flexibility index (Phi) is 2.96. The van der Waals surface area contributed by atoms with Gasteiger partial charge in [0.1, 0.15) is 0 Å². The number of aromatic nitrogens is 1. The lowest BCUT2D eigenvalue weighted by Gasteiger charge is -2.18. The summed E-state index contributed by atoms with van der Waals surface area (Å²) in [4.78, 5) is 3.27. The number of H-pyrrole nitrogens is 1. The van der Waals surface area contributed by atoms with Gasteiger partial charge in [0, 0.05) is 28.7 Å². The van der Waals surface area contributed by atoms with Gasteiger partial charge in [0.15, 0.2) is 0 Å². The van der Waals surface area contributed by atoms with Gasteiger partial charge in [0.05, 0.1) is 6.61 Å². The molecule has 0 radical (unpaired) electrons. The molecule has 1 heterocycles. The Balaban J connectivity index is 2.54. The van der Waals surface area contributed by atoms with E-state index in [9.17, 15) is 0 Å². The first kappa shape index (κ1) is 11.1. The number of rotatable bonds is 3. The van der Waals surface area contributed by atoms with Crippen LogP contribution in [-0.4, -0.2) is 22.7 Å². The minimum absolute atomic E-state index is 0.111. The van der Waals surface area contributed by atoms with Gasteiger partial charge in [-0.25, -0.2) is 0 Å². The second kappa shape index (κ2) is 4.25. The molecule has 6 N–H and O–H groups in total. The van der Waals surface area contributed by atoms with Crippen LogP contribution in [0.4, 0.5) is 0 Å². The van der Waals surface area contributed by atoms with Crippen molar-refractivity contribution in [3.05, 3.63) is 35.5 Å². The molecular weight excluding hydrogens is 202 g/mol. The number of fused-ring (bicyclic) bond motifs is 1. The molecule has 0 bridgehead atoms. The van der Waals surface area contributed by atoms with Crippen molar-refractivity contribution in [2.75, 3.05) is 6.61 Å². The second-order valence-electron chi connectivity index (χ2n) is 4.08. The van der Waals surface area contributed by atoms with Crippen molar-refractivity contribution in [3.63, 3.8) is 0 Å². The van der Waals surface area contributed by atoms with Gasteiger partial charge in [-0.05, 0) is 18.6 Å². The zero-order chi connectivity index (χ0) is 11.7. The standard InChI is InChI=1S/C12H17N3O/c1-7-11(12(14)9(13)6-16)8-4-2-3-5-10(8)15-7/h2-5,9,12,15-16H,6,13-14H2,1H3. The molecule has 0 spiro atoms. The van der Waals surface area contributed by atoms with E-state index in [1.807, 2.05) is 31.2 Å². The molecule has 0 aliphatic carbocycles. The molecule has 1 aromatic heterocycles. The maximum Gasteiger partial charge on any atom is 0.0601 e. The third-order valence-electron chi connectivity index (χ3n) is 2.95. The highest BCUT2D eigenvalue weighted by atomic mass is 16.3. The Morgan fingerprint density at radius 3 is 2.69 bits per heavy atom. The fourth-order valence-electron chi connectivity index (χ4n) is 2.06. The molecule has 86 valence electrons. The van der Waals surface area contributed by atoms with E-state index in [1.165, 1.54) is 0 Å². The summed E-state index contributed by atoms with van der Waals surface area (Å²) < 4.78 is 0. The van der Waals surface area contributed by atoms with Crippen LogP contribution in [0.3, 0.4) is 0 Å². The maximum atomic E-state index is 9.05. The summed E-state index contributed by atoms with van der Waals surface area (Å²) in [6.07, 6.45) is 0. The normalized spacial score (nSPS) is 15.2. The highest BCUT2D eigenvalue weighted by molar-refractivity contribution is 5.85.